The van der Waals surface area contributed by atoms with Crippen LogP contribution in [0.1, 0.15) is 6.42 Å². The van der Waals surface area contributed by atoms with Gasteiger partial charge in [-0.3, -0.25) is 14.7 Å². The van der Waals surface area contributed by atoms with E-state index in [1.807, 2.05) is 0 Å². The number of nitro groups is 1. The molecule has 0 fully saturated rings. The topological polar surface area (TPSA) is 101 Å². The minimum atomic E-state index is -4.93. The smallest absolute Gasteiger partial charge is 0.319 e. The maximum atomic E-state index is 11.1. The van der Waals surface area contributed by atoms with Gasteiger partial charge in [0.05, 0.1) is 6.42 Å². The highest BCUT2D eigenvalue weighted by molar-refractivity contribution is 7.53. The third-order valence-electron chi connectivity index (χ3n) is 1.95. The van der Waals surface area contributed by atoms with E-state index < -0.39 is 29.3 Å². The van der Waals surface area contributed by atoms with Crippen LogP contribution in [0.3, 0.4) is 0 Å². The molecule has 1 aliphatic rings. The van der Waals surface area contributed by atoms with Crippen LogP contribution < -0.4 is 0 Å². The predicted octanol–water partition coefficient (Wildman–Crippen LogP) is 1.22. The van der Waals surface area contributed by atoms with Crippen LogP contribution in [-0.2, 0) is 4.57 Å². The highest BCUT2D eigenvalue weighted by atomic mass is 35.5. The van der Waals surface area contributed by atoms with Gasteiger partial charge in [-0.15, -0.1) is 0 Å². The lowest BCUT2D eigenvalue weighted by atomic mass is 10.1. The van der Waals surface area contributed by atoms with Gasteiger partial charge in [0, 0.05) is 4.92 Å². The molecular weight excluding hydrogens is 232 g/mol. The predicted molar refractivity (Wildman–Crippen MR) is 49.5 cm³/mol. The van der Waals surface area contributed by atoms with Gasteiger partial charge in [0.15, 0.2) is 0 Å². The second-order valence-electron chi connectivity index (χ2n) is 2.76. The number of nitrogens with zero attached hydrogens (tertiary/aromatic N) is 1. The lowest BCUT2D eigenvalue weighted by Gasteiger charge is -2.25. The van der Waals surface area contributed by atoms with Crippen LogP contribution in [0, 0.1) is 10.1 Å². The van der Waals surface area contributed by atoms with Crippen molar-refractivity contribution in [3.8, 4) is 0 Å². The van der Waals surface area contributed by atoms with Crippen molar-refractivity contribution in [2.75, 3.05) is 0 Å². The Kier molecular flexibility index (Phi) is 2.83. The molecule has 0 saturated heterocycles. The maximum Gasteiger partial charge on any atom is 0.408 e. The number of hydrogen-bond acceptors (Lipinski definition) is 3. The molecule has 0 radical (unpaired) electrons. The zero-order chi connectivity index (χ0) is 11.0. The molecule has 1 atom stereocenters. The Hall–Kier alpha value is -0.680. The molecule has 0 heterocycles. The summed E-state index contributed by atoms with van der Waals surface area (Å²) in [6.45, 7) is 0. The van der Waals surface area contributed by atoms with Gasteiger partial charge in [-0.1, -0.05) is 23.8 Å². The molecule has 14 heavy (non-hydrogen) atoms. The summed E-state index contributed by atoms with van der Waals surface area (Å²) in [4.78, 5) is 27.5. The van der Waals surface area contributed by atoms with E-state index in [-0.39, 0.29) is 0 Å². The van der Waals surface area contributed by atoms with Crippen LogP contribution in [0.4, 0.5) is 0 Å². The van der Waals surface area contributed by atoms with Gasteiger partial charge in [-0.05, 0) is 6.08 Å². The van der Waals surface area contributed by atoms with E-state index in [1.165, 1.54) is 12.2 Å². The summed E-state index contributed by atoms with van der Waals surface area (Å²) in [5, 5.41) is 7.74. The summed E-state index contributed by atoms with van der Waals surface area (Å²) in [6, 6.07) is 0. The molecule has 0 aromatic heterocycles. The molecule has 0 amide bonds. The molecule has 0 aromatic carbocycles. The molecule has 0 saturated carbocycles. The standard InChI is InChI=1S/C6H7ClNO5P/c7-5-3-1-2-4-6(5,8(9)10)14(11,12)13/h1-3H,4H2,(H2,11,12,13). The molecular formula is C6H7ClNO5P. The van der Waals surface area contributed by atoms with Crippen molar-refractivity contribution in [3.05, 3.63) is 33.4 Å². The van der Waals surface area contributed by atoms with E-state index in [9.17, 15) is 14.7 Å². The van der Waals surface area contributed by atoms with E-state index in [1.54, 1.807) is 0 Å². The zero-order valence-corrected chi connectivity index (χ0v) is 8.48. The maximum absolute atomic E-state index is 11.1. The lowest BCUT2D eigenvalue weighted by molar-refractivity contribution is -0.531. The molecule has 2 N–H and O–H groups in total. The Labute approximate surface area is 84.2 Å². The first kappa shape index (κ1) is 11.4. The van der Waals surface area contributed by atoms with Crippen LogP contribution in [0.25, 0.3) is 0 Å². The van der Waals surface area contributed by atoms with E-state index >= 15 is 0 Å². The summed E-state index contributed by atoms with van der Waals surface area (Å²) >= 11 is 5.50. The molecule has 0 aliphatic heterocycles. The van der Waals surface area contributed by atoms with Crippen LogP contribution in [0.5, 0.6) is 0 Å². The Morgan fingerprint density at radius 2 is 2.21 bits per heavy atom. The summed E-state index contributed by atoms with van der Waals surface area (Å²) in [7, 11) is -4.93. The number of hydrogen-bond donors (Lipinski definition) is 2. The van der Waals surface area contributed by atoms with Gasteiger partial charge >= 0.3 is 12.9 Å². The average Bonchev–Trinajstić information content (AvgIpc) is 2.02. The summed E-state index contributed by atoms with van der Waals surface area (Å²) < 4.78 is 11.1. The summed E-state index contributed by atoms with van der Waals surface area (Å²) in [6.07, 6.45) is 3.43. The van der Waals surface area contributed by atoms with Gasteiger partial charge in [-0.2, -0.15) is 0 Å². The Balaban J connectivity index is 3.34. The first-order valence-electron chi connectivity index (χ1n) is 3.55. The Morgan fingerprint density at radius 1 is 1.64 bits per heavy atom. The second kappa shape index (κ2) is 3.47. The SMILES string of the molecule is O=[N+]([O-])C1(P(=O)(O)O)CC=CC=C1Cl. The largest absolute Gasteiger partial charge is 0.408 e. The Morgan fingerprint density at radius 3 is 2.50 bits per heavy atom. The number of halogens is 1. The normalized spacial score (nSPS) is 27.2. The van der Waals surface area contributed by atoms with E-state index in [0.29, 0.717) is 0 Å². The molecule has 0 spiro atoms. The molecule has 78 valence electrons. The molecule has 1 aliphatic carbocycles. The summed E-state index contributed by atoms with van der Waals surface area (Å²) in [5.74, 6) is 0. The second-order valence-corrected chi connectivity index (χ2v) is 5.00. The van der Waals surface area contributed by atoms with Crippen molar-refractivity contribution in [1.29, 1.82) is 0 Å². The highest BCUT2D eigenvalue weighted by Crippen LogP contribution is 2.58. The van der Waals surface area contributed by atoms with E-state index in [4.69, 9.17) is 21.4 Å². The molecule has 1 rings (SSSR count). The minimum absolute atomic E-state index is 0.403. The summed E-state index contributed by atoms with van der Waals surface area (Å²) in [5.41, 5.74) is 0. The monoisotopic (exact) mass is 239 g/mol. The third-order valence-corrected chi connectivity index (χ3v) is 4.07. The van der Waals surface area contributed by atoms with Crippen molar-refractivity contribution >= 4 is 19.2 Å². The first-order valence-corrected chi connectivity index (χ1v) is 5.54. The van der Waals surface area contributed by atoms with Crippen LogP contribution >= 0.6 is 19.2 Å². The number of rotatable bonds is 2. The number of allylic oxidation sites excluding steroid dienone is 2. The first-order chi connectivity index (χ1) is 6.32. The quantitative estimate of drug-likeness (QED) is 0.429. The van der Waals surface area contributed by atoms with Crippen LogP contribution in [-0.4, -0.2) is 20.0 Å². The fourth-order valence-corrected chi connectivity index (χ4v) is 2.60. The van der Waals surface area contributed by atoms with Gasteiger partial charge in [0.2, 0.25) is 0 Å². The Bertz CT molecular complexity index is 372. The molecule has 0 bridgehead atoms. The average molecular weight is 240 g/mol. The zero-order valence-electron chi connectivity index (χ0n) is 6.83. The van der Waals surface area contributed by atoms with E-state index in [0.717, 1.165) is 6.08 Å². The van der Waals surface area contributed by atoms with Crippen molar-refractivity contribution in [2.24, 2.45) is 0 Å². The van der Waals surface area contributed by atoms with Gasteiger partial charge in [0.25, 0.3) is 0 Å². The van der Waals surface area contributed by atoms with Crippen molar-refractivity contribution in [3.63, 3.8) is 0 Å². The van der Waals surface area contributed by atoms with E-state index in [2.05, 4.69) is 0 Å². The minimum Gasteiger partial charge on any atom is -0.319 e. The molecule has 8 heteroatoms. The third kappa shape index (κ3) is 1.50. The van der Waals surface area contributed by atoms with Crippen molar-refractivity contribution in [1.82, 2.24) is 0 Å². The van der Waals surface area contributed by atoms with Crippen molar-refractivity contribution in [2.45, 2.75) is 11.7 Å². The lowest BCUT2D eigenvalue weighted by Crippen LogP contribution is -2.39. The molecule has 0 aromatic rings. The van der Waals surface area contributed by atoms with Gasteiger partial charge in [0.1, 0.15) is 5.03 Å². The van der Waals surface area contributed by atoms with Crippen molar-refractivity contribution < 1.29 is 19.3 Å². The van der Waals surface area contributed by atoms with Crippen LogP contribution in [0.2, 0.25) is 0 Å². The van der Waals surface area contributed by atoms with Gasteiger partial charge < -0.3 is 9.79 Å². The van der Waals surface area contributed by atoms with Crippen LogP contribution in [0.15, 0.2) is 23.3 Å². The molecule has 6 nitrogen and oxygen atoms in total. The fourth-order valence-electron chi connectivity index (χ4n) is 1.14. The molecule has 1 unspecified atom stereocenters. The van der Waals surface area contributed by atoms with Gasteiger partial charge in [-0.25, -0.2) is 0 Å². The highest BCUT2D eigenvalue weighted by Gasteiger charge is 2.61. The fraction of sp³-hybridized carbons (Fsp3) is 0.333.